The molecule has 0 radical (unpaired) electrons. The molecule has 0 heterocycles. The minimum absolute atomic E-state index is 0.0918. The first kappa shape index (κ1) is 16.3. The first-order valence-corrected chi connectivity index (χ1v) is 6.83. The largest absolute Gasteiger partial charge is 0.443 e. The minimum atomic E-state index is -0.836. The number of nitrogens with one attached hydrogen (secondary N) is 2. The number of amides is 2. The van der Waals surface area contributed by atoms with Crippen molar-refractivity contribution < 1.29 is 24.0 Å². The molecule has 0 spiro atoms. The van der Waals surface area contributed by atoms with Crippen molar-refractivity contribution >= 4 is 12.2 Å². The van der Waals surface area contributed by atoms with Crippen LogP contribution in [0, 0.1) is 0 Å². The average Bonchev–Trinajstić information content (AvgIpc) is 2.60. The Morgan fingerprint density at radius 1 is 0.696 bits per heavy atom. The molecule has 0 bridgehead atoms. The predicted octanol–water partition coefficient (Wildman–Crippen LogP) is 2.69. The fraction of sp³-hybridized carbons (Fsp3) is 0.125. The molecule has 2 rings (SSSR count). The topological polar surface area (TPSA) is 85.9 Å². The predicted molar refractivity (Wildman–Crippen MR) is 80.6 cm³/mol. The third-order valence-electron chi connectivity index (χ3n) is 2.69. The summed E-state index contributed by atoms with van der Waals surface area (Å²) in [4.78, 5) is 27.1. The van der Waals surface area contributed by atoms with Gasteiger partial charge in [-0.15, -0.1) is 4.94 Å². The first-order valence-electron chi connectivity index (χ1n) is 6.83. The van der Waals surface area contributed by atoms with Crippen molar-refractivity contribution in [2.45, 2.75) is 13.2 Å². The fourth-order valence-corrected chi connectivity index (χ4v) is 1.61. The number of carbonyl (C=O) groups is 2. The van der Waals surface area contributed by atoms with Gasteiger partial charge in [0, 0.05) is 0 Å². The van der Waals surface area contributed by atoms with Crippen LogP contribution in [0.1, 0.15) is 11.1 Å². The Morgan fingerprint density at radius 3 is 1.48 bits per heavy atom. The van der Waals surface area contributed by atoms with Crippen LogP contribution in [0.2, 0.25) is 0 Å². The Morgan fingerprint density at radius 2 is 1.09 bits per heavy atom. The molecule has 0 unspecified atom stereocenters. The van der Waals surface area contributed by atoms with E-state index in [1.165, 1.54) is 0 Å². The summed E-state index contributed by atoms with van der Waals surface area (Å²) in [6, 6.07) is 18.3. The smallest absolute Gasteiger partial charge is 0.433 e. The molecule has 7 heteroatoms. The van der Waals surface area contributed by atoms with Gasteiger partial charge in [0.2, 0.25) is 0 Å². The van der Waals surface area contributed by atoms with Gasteiger partial charge in [-0.2, -0.15) is 11.0 Å². The van der Waals surface area contributed by atoms with Crippen LogP contribution in [-0.2, 0) is 27.6 Å². The molecule has 2 aromatic rings. The van der Waals surface area contributed by atoms with Gasteiger partial charge in [0.1, 0.15) is 13.2 Å². The maximum atomic E-state index is 11.3. The summed E-state index contributed by atoms with van der Waals surface area (Å²) in [6.07, 6.45) is -1.67. The molecule has 120 valence electrons. The van der Waals surface area contributed by atoms with E-state index in [9.17, 15) is 9.59 Å². The first-order chi connectivity index (χ1) is 11.2. The molecule has 0 aliphatic carbocycles. The van der Waals surface area contributed by atoms with Crippen molar-refractivity contribution in [2.24, 2.45) is 0 Å². The van der Waals surface area contributed by atoms with Crippen molar-refractivity contribution in [1.82, 2.24) is 11.0 Å². The number of benzene rings is 2. The number of hydroxylamine groups is 2. The number of hydrogen-bond donors (Lipinski definition) is 2. The molecule has 0 saturated carbocycles. The van der Waals surface area contributed by atoms with Crippen LogP contribution in [-0.4, -0.2) is 12.2 Å². The zero-order valence-corrected chi connectivity index (χ0v) is 12.2. The van der Waals surface area contributed by atoms with Gasteiger partial charge in [-0.05, 0) is 11.1 Å². The summed E-state index contributed by atoms with van der Waals surface area (Å²) < 4.78 is 9.74. The summed E-state index contributed by atoms with van der Waals surface area (Å²) in [5.41, 5.74) is 5.48. The number of rotatable bonds is 6. The Kier molecular flexibility index (Phi) is 6.43. The van der Waals surface area contributed by atoms with E-state index >= 15 is 0 Å². The van der Waals surface area contributed by atoms with Gasteiger partial charge in [0.15, 0.2) is 0 Å². The lowest BCUT2D eigenvalue weighted by molar-refractivity contribution is -0.0344. The van der Waals surface area contributed by atoms with Gasteiger partial charge in [0.25, 0.3) is 0 Å². The van der Waals surface area contributed by atoms with E-state index in [1.807, 2.05) is 71.6 Å². The van der Waals surface area contributed by atoms with Gasteiger partial charge in [-0.3, -0.25) is 0 Å². The van der Waals surface area contributed by atoms with E-state index in [2.05, 4.69) is 4.94 Å². The Bertz CT molecular complexity index is 563. The van der Waals surface area contributed by atoms with Crippen LogP contribution in [0.4, 0.5) is 9.59 Å². The summed E-state index contributed by atoms with van der Waals surface area (Å²) in [5, 5.41) is 0. The van der Waals surface area contributed by atoms with Crippen molar-refractivity contribution in [1.29, 1.82) is 0 Å². The molecule has 0 aliphatic rings. The van der Waals surface area contributed by atoms with Crippen LogP contribution in [0.25, 0.3) is 0 Å². The van der Waals surface area contributed by atoms with Crippen molar-refractivity contribution in [3.8, 4) is 0 Å². The second kappa shape index (κ2) is 9.06. The van der Waals surface area contributed by atoms with Gasteiger partial charge < -0.3 is 9.47 Å². The van der Waals surface area contributed by atoms with Crippen molar-refractivity contribution in [3.05, 3.63) is 71.8 Å². The van der Waals surface area contributed by atoms with Crippen LogP contribution in [0.15, 0.2) is 60.7 Å². The van der Waals surface area contributed by atoms with E-state index in [0.717, 1.165) is 11.1 Å². The number of ether oxygens (including phenoxy) is 2. The molecule has 2 N–H and O–H groups in total. The Balaban J connectivity index is 1.57. The van der Waals surface area contributed by atoms with Crippen LogP contribution in [0.3, 0.4) is 0 Å². The van der Waals surface area contributed by atoms with Crippen LogP contribution < -0.4 is 11.0 Å². The molecule has 0 atom stereocenters. The molecule has 2 amide bonds. The average molecular weight is 316 g/mol. The monoisotopic (exact) mass is 316 g/mol. The molecule has 7 nitrogen and oxygen atoms in total. The lowest BCUT2D eigenvalue weighted by atomic mass is 10.2. The quantitative estimate of drug-likeness (QED) is 0.800. The highest BCUT2D eigenvalue weighted by Crippen LogP contribution is 2.01. The van der Waals surface area contributed by atoms with Crippen molar-refractivity contribution in [3.63, 3.8) is 0 Å². The summed E-state index contributed by atoms with van der Waals surface area (Å²) in [5.74, 6) is 0. The van der Waals surface area contributed by atoms with Gasteiger partial charge in [-0.25, -0.2) is 9.59 Å². The number of carbonyl (C=O) groups excluding carboxylic acids is 2. The van der Waals surface area contributed by atoms with E-state index < -0.39 is 12.2 Å². The second-order valence-electron chi connectivity index (χ2n) is 4.43. The molecule has 0 saturated heterocycles. The zero-order valence-electron chi connectivity index (χ0n) is 12.2. The third kappa shape index (κ3) is 6.49. The molecule has 0 aromatic heterocycles. The summed E-state index contributed by atoms with van der Waals surface area (Å²) in [7, 11) is 0. The lowest BCUT2D eigenvalue weighted by Crippen LogP contribution is -2.35. The van der Waals surface area contributed by atoms with E-state index in [4.69, 9.17) is 9.47 Å². The van der Waals surface area contributed by atoms with Crippen LogP contribution in [0.5, 0.6) is 0 Å². The van der Waals surface area contributed by atoms with Gasteiger partial charge in [-0.1, -0.05) is 60.7 Å². The molecule has 0 aliphatic heterocycles. The SMILES string of the molecule is O=C(NONC(=O)OCc1ccccc1)OCc1ccccc1. The van der Waals surface area contributed by atoms with Crippen molar-refractivity contribution in [2.75, 3.05) is 0 Å². The molecule has 2 aromatic carbocycles. The number of hydrogen-bond acceptors (Lipinski definition) is 5. The van der Waals surface area contributed by atoms with E-state index in [-0.39, 0.29) is 13.2 Å². The third-order valence-corrected chi connectivity index (χ3v) is 2.69. The fourth-order valence-electron chi connectivity index (χ4n) is 1.61. The molecular formula is C16H16N2O5. The molecule has 23 heavy (non-hydrogen) atoms. The van der Waals surface area contributed by atoms with E-state index in [1.54, 1.807) is 0 Å². The van der Waals surface area contributed by atoms with Crippen LogP contribution >= 0.6 is 0 Å². The summed E-state index contributed by atoms with van der Waals surface area (Å²) >= 11 is 0. The highest BCUT2D eigenvalue weighted by molar-refractivity contribution is 5.67. The summed E-state index contributed by atoms with van der Waals surface area (Å²) in [6.45, 7) is 0.184. The zero-order chi connectivity index (χ0) is 16.3. The lowest BCUT2D eigenvalue weighted by Gasteiger charge is -2.08. The normalized spacial score (nSPS) is 9.74. The van der Waals surface area contributed by atoms with Gasteiger partial charge in [0.05, 0.1) is 0 Å². The standard InChI is InChI=1S/C16H16N2O5/c19-15(21-11-13-7-3-1-4-8-13)17-23-18-16(20)22-12-14-9-5-2-6-10-14/h1-10H,11-12H2,(H,17,19)(H,18,20). The molecular weight excluding hydrogens is 300 g/mol. The molecule has 0 fully saturated rings. The maximum absolute atomic E-state index is 11.3. The minimum Gasteiger partial charge on any atom is -0.443 e. The highest BCUT2D eigenvalue weighted by atomic mass is 16.8. The Labute approximate surface area is 133 Å². The Hall–Kier alpha value is -3.06. The highest BCUT2D eigenvalue weighted by Gasteiger charge is 2.06. The van der Waals surface area contributed by atoms with Gasteiger partial charge >= 0.3 is 12.2 Å². The van der Waals surface area contributed by atoms with E-state index in [0.29, 0.717) is 0 Å². The second-order valence-corrected chi connectivity index (χ2v) is 4.43. The maximum Gasteiger partial charge on any atom is 0.433 e.